The van der Waals surface area contributed by atoms with E-state index in [0.717, 1.165) is 37.9 Å². The van der Waals surface area contributed by atoms with Crippen molar-refractivity contribution >= 4 is 11.7 Å². The van der Waals surface area contributed by atoms with Gasteiger partial charge in [-0.3, -0.25) is 4.79 Å². The minimum absolute atomic E-state index is 0.225. The van der Waals surface area contributed by atoms with E-state index in [1.54, 1.807) is 12.4 Å². The Bertz CT molecular complexity index is 1350. The summed E-state index contributed by atoms with van der Waals surface area (Å²) in [5, 5.41) is 16.6. The monoisotopic (exact) mass is 500 g/mol. The van der Waals surface area contributed by atoms with Crippen LogP contribution in [0.5, 0.6) is 0 Å². The first-order valence-corrected chi connectivity index (χ1v) is 12.6. The van der Waals surface area contributed by atoms with Crippen molar-refractivity contribution in [3.05, 3.63) is 53.0 Å². The third kappa shape index (κ3) is 5.19. The molecular weight excluding hydrogens is 468 g/mol. The maximum absolute atomic E-state index is 12.9. The number of carbonyl (C=O) groups excluding carboxylic acids is 1. The van der Waals surface area contributed by atoms with Crippen molar-refractivity contribution in [1.82, 2.24) is 30.0 Å². The molecule has 3 aromatic rings. The van der Waals surface area contributed by atoms with Gasteiger partial charge in [0.2, 0.25) is 0 Å². The summed E-state index contributed by atoms with van der Waals surface area (Å²) in [6.07, 6.45) is 7.69. The molecule has 1 amide bonds. The lowest BCUT2D eigenvalue weighted by Crippen LogP contribution is -2.41. The third-order valence-corrected chi connectivity index (χ3v) is 7.52. The molecule has 1 aromatic carbocycles. The predicted molar refractivity (Wildman–Crippen MR) is 139 cm³/mol. The van der Waals surface area contributed by atoms with Crippen LogP contribution in [0.4, 0.5) is 5.82 Å². The number of nitrogen functional groups attached to an aromatic ring is 1. The largest absolute Gasteiger partial charge is 0.381 e. The maximum Gasteiger partial charge on any atom is 0.254 e. The topological polar surface area (TPSA) is 135 Å². The van der Waals surface area contributed by atoms with Crippen LogP contribution < -0.4 is 11.1 Å². The van der Waals surface area contributed by atoms with Crippen LogP contribution in [0.2, 0.25) is 0 Å². The number of rotatable bonds is 6. The smallest absolute Gasteiger partial charge is 0.254 e. The van der Waals surface area contributed by atoms with Crippen LogP contribution in [-0.2, 0) is 17.7 Å². The second-order valence-corrected chi connectivity index (χ2v) is 10.2. The van der Waals surface area contributed by atoms with Crippen molar-refractivity contribution in [3.8, 4) is 23.1 Å². The number of aromatic nitrogens is 4. The summed E-state index contributed by atoms with van der Waals surface area (Å²) in [4.78, 5) is 24.4. The van der Waals surface area contributed by atoms with Gasteiger partial charge in [-0.25, -0.2) is 14.6 Å². The molecule has 1 saturated heterocycles. The summed E-state index contributed by atoms with van der Waals surface area (Å²) in [7, 11) is 2.13. The first-order chi connectivity index (χ1) is 17.9. The van der Waals surface area contributed by atoms with Crippen molar-refractivity contribution in [2.45, 2.75) is 39.2 Å². The highest BCUT2D eigenvalue weighted by Crippen LogP contribution is 2.33. The Labute approximate surface area is 216 Å². The first kappa shape index (κ1) is 24.9. The van der Waals surface area contributed by atoms with E-state index in [4.69, 9.17) is 15.5 Å². The highest BCUT2D eigenvalue weighted by atomic mass is 16.5. The van der Waals surface area contributed by atoms with Gasteiger partial charge < -0.3 is 20.7 Å². The van der Waals surface area contributed by atoms with Gasteiger partial charge in [0.25, 0.3) is 5.91 Å². The predicted octanol–water partition coefficient (Wildman–Crippen LogP) is 2.65. The van der Waals surface area contributed by atoms with Gasteiger partial charge in [0.05, 0.1) is 29.7 Å². The molecule has 0 radical (unpaired) electrons. The molecule has 0 aliphatic carbocycles. The van der Waals surface area contributed by atoms with Crippen molar-refractivity contribution in [2.75, 3.05) is 39.1 Å². The number of hydrogen-bond acceptors (Lipinski definition) is 8. The Kier molecular flexibility index (Phi) is 6.91. The van der Waals surface area contributed by atoms with Crippen LogP contribution in [0.15, 0.2) is 30.7 Å². The van der Waals surface area contributed by atoms with Crippen molar-refractivity contribution in [2.24, 2.45) is 5.41 Å². The average Bonchev–Trinajstić information content (AvgIpc) is 3.38. The van der Waals surface area contributed by atoms with E-state index in [1.807, 2.05) is 0 Å². The van der Waals surface area contributed by atoms with Gasteiger partial charge >= 0.3 is 0 Å². The molecule has 192 valence electrons. The summed E-state index contributed by atoms with van der Waals surface area (Å²) >= 11 is 0. The van der Waals surface area contributed by atoms with Crippen molar-refractivity contribution < 1.29 is 9.53 Å². The molecular formula is C27H32N8O2. The minimum atomic E-state index is -0.259. The van der Waals surface area contributed by atoms with Crippen molar-refractivity contribution in [3.63, 3.8) is 0 Å². The molecule has 0 bridgehead atoms. The van der Waals surface area contributed by atoms with E-state index in [9.17, 15) is 10.1 Å². The number of ether oxygens (including phenoxy) is 1. The molecule has 5 rings (SSSR count). The third-order valence-electron chi connectivity index (χ3n) is 7.52. The number of likely N-dealkylation sites (N-methyl/N-ethyl adjacent to an activating group) is 1. The van der Waals surface area contributed by atoms with E-state index in [0.29, 0.717) is 43.3 Å². The number of aryl methyl sites for hydroxylation is 1. The fourth-order valence-corrected chi connectivity index (χ4v) is 5.22. The van der Waals surface area contributed by atoms with Crippen LogP contribution >= 0.6 is 0 Å². The Morgan fingerprint density at radius 3 is 2.89 bits per heavy atom. The number of carbonyl (C=O) groups is 1. The molecule has 37 heavy (non-hydrogen) atoms. The lowest BCUT2D eigenvalue weighted by Gasteiger charge is -2.35. The molecule has 1 fully saturated rings. The van der Waals surface area contributed by atoms with Gasteiger partial charge in [0, 0.05) is 56.4 Å². The lowest BCUT2D eigenvalue weighted by molar-refractivity contribution is 0.0170. The molecule has 0 spiro atoms. The van der Waals surface area contributed by atoms with Gasteiger partial charge in [-0.05, 0) is 62.1 Å². The van der Waals surface area contributed by atoms with Crippen LogP contribution in [0.25, 0.3) is 17.1 Å². The van der Waals surface area contributed by atoms with E-state index < -0.39 is 0 Å². The van der Waals surface area contributed by atoms with Crippen molar-refractivity contribution in [1.29, 1.82) is 5.26 Å². The van der Waals surface area contributed by atoms with Crippen LogP contribution in [-0.4, -0.2) is 63.9 Å². The molecule has 10 heteroatoms. The Hall–Kier alpha value is -3.81. The second-order valence-electron chi connectivity index (χ2n) is 10.2. The Morgan fingerprint density at radius 2 is 2.11 bits per heavy atom. The summed E-state index contributed by atoms with van der Waals surface area (Å²) in [6, 6.07) is 6.58. The number of anilines is 1. The molecule has 2 aromatic heterocycles. The molecule has 2 aliphatic heterocycles. The SMILES string of the molecule is Cc1cc(-c2cnc(N)c(-n3cc(C(=O)NCC4(CC#N)CCOCC4)cn3)n2)cc2c1CCN(C)C2. The Morgan fingerprint density at radius 1 is 1.30 bits per heavy atom. The molecule has 10 nitrogen and oxygen atoms in total. The highest BCUT2D eigenvalue weighted by molar-refractivity contribution is 5.93. The molecule has 0 unspecified atom stereocenters. The van der Waals surface area contributed by atoms with E-state index in [2.05, 4.69) is 52.5 Å². The van der Waals surface area contributed by atoms with Gasteiger partial charge in [0.1, 0.15) is 0 Å². The molecule has 4 heterocycles. The maximum atomic E-state index is 12.9. The summed E-state index contributed by atoms with van der Waals surface area (Å²) in [5.41, 5.74) is 11.9. The number of nitrogens with one attached hydrogen (secondary N) is 1. The molecule has 0 atom stereocenters. The van der Waals surface area contributed by atoms with E-state index >= 15 is 0 Å². The average molecular weight is 501 g/mol. The second kappa shape index (κ2) is 10.3. The number of amides is 1. The molecule has 0 saturated carbocycles. The summed E-state index contributed by atoms with van der Waals surface area (Å²) in [6.45, 7) is 5.72. The zero-order valence-electron chi connectivity index (χ0n) is 21.3. The van der Waals surface area contributed by atoms with Gasteiger partial charge in [0.15, 0.2) is 11.6 Å². The quantitative estimate of drug-likeness (QED) is 0.527. The normalized spacial score (nSPS) is 17.1. The van der Waals surface area contributed by atoms with Crippen LogP contribution in [0, 0.1) is 23.7 Å². The standard InChI is InChI=1S/C27H32N8O2/c1-18-11-19(12-20-15-34(2)8-3-22(18)20)23-14-30-24(29)25(33-23)35-16-21(13-32-35)26(36)31-17-27(4-7-28)5-9-37-10-6-27/h11-14,16H,3-6,8-10,15,17H2,1-2H3,(H2,29,30)(H,31,36). The summed E-state index contributed by atoms with van der Waals surface area (Å²) in [5.74, 6) is 0.338. The Balaban J connectivity index is 1.36. The lowest BCUT2D eigenvalue weighted by atomic mass is 9.77. The van der Waals surface area contributed by atoms with Gasteiger partial charge in [-0.1, -0.05) is 0 Å². The number of benzene rings is 1. The number of fused-ring (bicyclic) bond motifs is 1. The van der Waals surface area contributed by atoms with E-state index in [1.165, 1.54) is 27.6 Å². The fourth-order valence-electron chi connectivity index (χ4n) is 5.22. The zero-order valence-corrected chi connectivity index (χ0v) is 21.3. The number of hydrogen-bond donors (Lipinski definition) is 2. The summed E-state index contributed by atoms with van der Waals surface area (Å²) < 4.78 is 6.93. The number of nitriles is 1. The van der Waals surface area contributed by atoms with Gasteiger partial charge in [-0.15, -0.1) is 0 Å². The number of nitrogens with zero attached hydrogens (tertiary/aromatic N) is 6. The molecule has 3 N–H and O–H groups in total. The fraction of sp³-hybridized carbons (Fsp3) is 0.444. The molecule has 2 aliphatic rings. The van der Waals surface area contributed by atoms with Crippen LogP contribution in [0.1, 0.15) is 46.3 Å². The minimum Gasteiger partial charge on any atom is -0.381 e. The van der Waals surface area contributed by atoms with Gasteiger partial charge in [-0.2, -0.15) is 10.4 Å². The highest BCUT2D eigenvalue weighted by Gasteiger charge is 2.33. The first-order valence-electron chi connectivity index (χ1n) is 12.6. The van der Waals surface area contributed by atoms with Crippen LogP contribution in [0.3, 0.4) is 0 Å². The van der Waals surface area contributed by atoms with E-state index in [-0.39, 0.29) is 17.1 Å². The zero-order chi connectivity index (χ0) is 26.0. The number of nitrogens with two attached hydrogens (primary N) is 1.